The van der Waals surface area contributed by atoms with Crippen LogP contribution in [0.1, 0.15) is 382 Å². The number of esters is 4. The quantitative estimate of drug-likeness (QED) is 0.0222. The summed E-state index contributed by atoms with van der Waals surface area (Å²) in [5.41, 5.74) is 0. The number of rotatable bonds is 73. The zero-order valence-corrected chi connectivity index (χ0v) is 62.3. The monoisotopic (exact) mass is 1370 g/mol. The maximum absolute atomic E-state index is 13.1. The maximum atomic E-state index is 13.1. The number of phosphoric acid groups is 2. The minimum Gasteiger partial charge on any atom is -0.462 e. The molecule has 0 aromatic heterocycles. The summed E-state index contributed by atoms with van der Waals surface area (Å²) in [6, 6.07) is 0. The number of hydrogen-bond donors (Lipinski definition) is 3. The molecule has 3 N–H and O–H groups in total. The molecule has 0 spiro atoms. The van der Waals surface area contributed by atoms with Gasteiger partial charge >= 0.3 is 39.5 Å². The fourth-order valence-corrected chi connectivity index (χ4v) is 12.8. The zero-order valence-electron chi connectivity index (χ0n) is 60.6. The molecule has 0 aliphatic rings. The first-order chi connectivity index (χ1) is 44.9. The highest BCUT2D eigenvalue weighted by atomic mass is 31.2. The van der Waals surface area contributed by atoms with Crippen molar-refractivity contribution in [2.45, 2.75) is 400 Å². The third-order valence-electron chi connectivity index (χ3n) is 17.6. The predicted octanol–water partition coefficient (Wildman–Crippen LogP) is 21.6. The van der Waals surface area contributed by atoms with Gasteiger partial charge in [-0.1, -0.05) is 330 Å². The Labute approximate surface area is 568 Å². The van der Waals surface area contributed by atoms with Crippen molar-refractivity contribution in [3.8, 4) is 0 Å². The van der Waals surface area contributed by atoms with Gasteiger partial charge in [0.2, 0.25) is 0 Å². The van der Waals surface area contributed by atoms with Gasteiger partial charge in [0.05, 0.1) is 26.4 Å². The Morgan fingerprint density at radius 3 is 0.817 bits per heavy atom. The molecular weight excluding hydrogens is 1220 g/mol. The summed E-state index contributed by atoms with van der Waals surface area (Å²) in [7, 11) is -9.90. The number of carbonyl (C=O) groups excluding carboxylic acids is 4. The van der Waals surface area contributed by atoms with Crippen molar-refractivity contribution in [1.82, 2.24) is 0 Å². The van der Waals surface area contributed by atoms with Gasteiger partial charge < -0.3 is 33.8 Å². The van der Waals surface area contributed by atoms with Gasteiger partial charge in [0.15, 0.2) is 12.2 Å². The maximum Gasteiger partial charge on any atom is 0.472 e. The van der Waals surface area contributed by atoms with Gasteiger partial charge in [-0.15, -0.1) is 0 Å². The summed E-state index contributed by atoms with van der Waals surface area (Å²) in [5, 5.41) is 10.6. The van der Waals surface area contributed by atoms with E-state index < -0.39 is 97.5 Å². The highest BCUT2D eigenvalue weighted by molar-refractivity contribution is 7.47. The van der Waals surface area contributed by atoms with E-state index in [9.17, 15) is 43.2 Å². The Kier molecular flexibility index (Phi) is 64.6. The SMILES string of the molecule is CCCCCCCCCCCCCCCCCCCCCCC(=O)O[C@H](COC(=O)CCCCCCCCCCCCCCCCCC(C)C)COP(=O)(O)OC[C@@H](O)COP(=O)(O)OC[C@@H](COC(=O)CCCCCCC)OC(=O)CCCCCCCCC(C)CC. The van der Waals surface area contributed by atoms with Crippen LogP contribution >= 0.6 is 15.6 Å². The molecule has 0 amide bonds. The van der Waals surface area contributed by atoms with E-state index in [0.717, 1.165) is 108 Å². The van der Waals surface area contributed by atoms with Crippen LogP contribution < -0.4 is 0 Å². The van der Waals surface area contributed by atoms with Gasteiger partial charge in [0.25, 0.3) is 0 Å². The van der Waals surface area contributed by atoms with Crippen molar-refractivity contribution in [2.75, 3.05) is 39.6 Å². The number of hydrogen-bond acceptors (Lipinski definition) is 15. The minimum absolute atomic E-state index is 0.102. The zero-order chi connectivity index (χ0) is 68.6. The van der Waals surface area contributed by atoms with Crippen LogP contribution in [0.3, 0.4) is 0 Å². The van der Waals surface area contributed by atoms with E-state index in [2.05, 4.69) is 41.5 Å². The van der Waals surface area contributed by atoms with Crippen molar-refractivity contribution in [2.24, 2.45) is 11.8 Å². The van der Waals surface area contributed by atoms with Crippen molar-refractivity contribution < 1.29 is 80.2 Å². The van der Waals surface area contributed by atoms with E-state index in [1.807, 2.05) is 0 Å². The molecule has 17 nitrogen and oxygen atoms in total. The standard InChI is InChI=1S/C74H144O17P2/c1-7-10-12-14-15-16-17-18-19-20-21-22-23-26-30-33-36-39-46-52-58-73(78)90-70(63-85-72(77)57-51-45-38-35-32-29-27-24-25-28-31-34-37-43-48-54-66(4)5)65-89-93(82,83)87-61-68(75)60-86-92(80,81)88-64-69(62-84-71(76)56-50-42-13-11-8-2)91-74(79)59-53-47-41-40-44-49-55-67(6)9-3/h66-70,75H,7-65H2,1-6H3,(H,80,81)(H,82,83)/t67?,68-,69+,70+/m0/s1. The van der Waals surface area contributed by atoms with E-state index in [-0.39, 0.29) is 25.7 Å². The Balaban J connectivity index is 5.12. The first-order valence-corrected chi connectivity index (χ1v) is 41.5. The number of phosphoric ester groups is 2. The molecule has 0 aromatic rings. The fraction of sp³-hybridized carbons (Fsp3) is 0.946. The van der Waals surface area contributed by atoms with Crippen molar-refractivity contribution >= 4 is 39.5 Å². The summed E-state index contributed by atoms with van der Waals surface area (Å²) in [6.45, 7) is 9.46. The molecule has 0 aliphatic carbocycles. The Morgan fingerprint density at radius 2 is 0.548 bits per heavy atom. The average molecular weight is 1370 g/mol. The molecule has 0 aromatic carbocycles. The number of carbonyl (C=O) groups is 4. The minimum atomic E-state index is -4.95. The van der Waals surface area contributed by atoms with Gasteiger partial charge in [-0.25, -0.2) is 9.13 Å². The van der Waals surface area contributed by atoms with Crippen LogP contribution in [0.2, 0.25) is 0 Å². The van der Waals surface area contributed by atoms with Crippen LogP contribution in [0.25, 0.3) is 0 Å². The van der Waals surface area contributed by atoms with Crippen LogP contribution in [-0.2, 0) is 65.4 Å². The molecular formula is C74H144O17P2. The van der Waals surface area contributed by atoms with E-state index in [0.29, 0.717) is 25.7 Å². The second-order valence-electron chi connectivity index (χ2n) is 27.4. The predicted molar refractivity (Wildman–Crippen MR) is 377 cm³/mol. The summed E-state index contributed by atoms with van der Waals surface area (Å²) in [4.78, 5) is 72.4. The topological polar surface area (TPSA) is 237 Å². The van der Waals surface area contributed by atoms with Crippen LogP contribution in [0.5, 0.6) is 0 Å². The van der Waals surface area contributed by atoms with Crippen molar-refractivity contribution in [3.05, 3.63) is 0 Å². The largest absolute Gasteiger partial charge is 0.472 e. The van der Waals surface area contributed by atoms with Gasteiger partial charge in [-0.05, 0) is 37.5 Å². The molecule has 93 heavy (non-hydrogen) atoms. The van der Waals surface area contributed by atoms with E-state index in [4.69, 9.17) is 37.0 Å². The molecule has 0 fully saturated rings. The number of ether oxygens (including phenoxy) is 4. The second-order valence-corrected chi connectivity index (χ2v) is 30.3. The molecule has 0 radical (unpaired) electrons. The Bertz CT molecular complexity index is 1810. The van der Waals surface area contributed by atoms with Gasteiger partial charge in [0.1, 0.15) is 19.3 Å². The molecule has 0 aliphatic heterocycles. The van der Waals surface area contributed by atoms with E-state index in [1.54, 1.807) is 0 Å². The molecule has 6 atom stereocenters. The third-order valence-corrected chi connectivity index (χ3v) is 19.5. The normalized spacial score (nSPS) is 14.3. The molecule has 19 heteroatoms. The van der Waals surface area contributed by atoms with Crippen LogP contribution in [0, 0.1) is 11.8 Å². The number of unbranched alkanes of at least 4 members (excludes halogenated alkanes) is 42. The number of aliphatic hydroxyl groups excluding tert-OH is 1. The van der Waals surface area contributed by atoms with E-state index >= 15 is 0 Å². The van der Waals surface area contributed by atoms with E-state index in [1.165, 1.54) is 193 Å². The van der Waals surface area contributed by atoms with Gasteiger partial charge in [-0.3, -0.25) is 37.3 Å². The molecule has 0 rings (SSSR count). The number of aliphatic hydroxyl groups is 1. The third kappa shape index (κ3) is 67.0. The summed E-state index contributed by atoms with van der Waals surface area (Å²) >= 11 is 0. The lowest BCUT2D eigenvalue weighted by Crippen LogP contribution is -2.30. The molecule has 552 valence electrons. The highest BCUT2D eigenvalue weighted by Gasteiger charge is 2.30. The lowest BCUT2D eigenvalue weighted by atomic mass is 10.00. The van der Waals surface area contributed by atoms with Gasteiger partial charge in [0, 0.05) is 25.7 Å². The summed E-state index contributed by atoms with van der Waals surface area (Å²) in [6.07, 6.45) is 53.4. The first kappa shape index (κ1) is 91.1. The van der Waals surface area contributed by atoms with Crippen molar-refractivity contribution in [1.29, 1.82) is 0 Å². The lowest BCUT2D eigenvalue weighted by molar-refractivity contribution is -0.161. The first-order valence-electron chi connectivity index (χ1n) is 38.5. The summed E-state index contributed by atoms with van der Waals surface area (Å²) < 4.78 is 68.2. The highest BCUT2D eigenvalue weighted by Crippen LogP contribution is 2.45. The van der Waals surface area contributed by atoms with Crippen molar-refractivity contribution in [3.63, 3.8) is 0 Å². The Hall–Kier alpha value is -1.94. The lowest BCUT2D eigenvalue weighted by Gasteiger charge is -2.21. The summed E-state index contributed by atoms with van der Waals surface area (Å²) in [5.74, 6) is -0.607. The second kappa shape index (κ2) is 66.0. The molecule has 3 unspecified atom stereocenters. The fourth-order valence-electron chi connectivity index (χ4n) is 11.3. The Morgan fingerprint density at radius 1 is 0.312 bits per heavy atom. The molecule has 0 saturated heterocycles. The smallest absolute Gasteiger partial charge is 0.462 e. The van der Waals surface area contributed by atoms with Crippen LogP contribution in [-0.4, -0.2) is 96.7 Å². The average Bonchev–Trinajstić information content (AvgIpc) is 2.96. The molecule has 0 saturated carbocycles. The van der Waals surface area contributed by atoms with Crippen LogP contribution in [0.4, 0.5) is 0 Å². The molecule has 0 heterocycles. The molecule has 0 bridgehead atoms. The van der Waals surface area contributed by atoms with Crippen LogP contribution in [0.15, 0.2) is 0 Å². The van der Waals surface area contributed by atoms with Gasteiger partial charge in [-0.2, -0.15) is 0 Å².